The Labute approximate surface area is 162 Å². The molecule has 8 heteroatoms. The van der Waals surface area contributed by atoms with Crippen molar-refractivity contribution in [3.05, 3.63) is 58.9 Å². The fourth-order valence-corrected chi connectivity index (χ4v) is 3.13. The van der Waals surface area contributed by atoms with E-state index in [-0.39, 0.29) is 23.5 Å². The Morgan fingerprint density at radius 2 is 2.04 bits per heavy atom. The number of halogens is 1. The van der Waals surface area contributed by atoms with Crippen molar-refractivity contribution in [3.63, 3.8) is 0 Å². The minimum Gasteiger partial charge on any atom is -0.369 e. The summed E-state index contributed by atoms with van der Waals surface area (Å²) in [5, 5.41) is 3.25. The van der Waals surface area contributed by atoms with Gasteiger partial charge < -0.3 is 11.1 Å². The first-order valence-electron chi connectivity index (χ1n) is 8.34. The lowest BCUT2D eigenvalue weighted by Crippen LogP contribution is -2.51. The average molecular weight is 386 g/mol. The smallest absolute Gasteiger partial charge is 0.274 e. The van der Waals surface area contributed by atoms with Gasteiger partial charge in [-0.1, -0.05) is 23.7 Å². The van der Waals surface area contributed by atoms with Crippen molar-refractivity contribution >= 4 is 35.1 Å². The van der Waals surface area contributed by atoms with Crippen molar-refractivity contribution in [2.45, 2.75) is 19.9 Å². The van der Waals surface area contributed by atoms with E-state index in [2.05, 4.69) is 15.3 Å². The van der Waals surface area contributed by atoms with E-state index in [0.29, 0.717) is 10.7 Å². The van der Waals surface area contributed by atoms with E-state index < -0.39 is 11.5 Å². The number of carbonyl (C=O) groups excluding carboxylic acids is 2. The van der Waals surface area contributed by atoms with Gasteiger partial charge in [0.25, 0.3) is 5.91 Å². The van der Waals surface area contributed by atoms with E-state index in [1.807, 2.05) is 19.9 Å². The van der Waals surface area contributed by atoms with E-state index in [0.717, 1.165) is 5.56 Å². The molecule has 140 valence electrons. The predicted molar refractivity (Wildman–Crippen MR) is 105 cm³/mol. The maximum atomic E-state index is 12.6. The summed E-state index contributed by atoms with van der Waals surface area (Å²) in [4.78, 5) is 34.8. The fourth-order valence-electron chi connectivity index (χ4n) is 3.02. The van der Waals surface area contributed by atoms with Crippen molar-refractivity contribution in [1.29, 1.82) is 0 Å². The molecule has 1 unspecified atom stereocenters. The zero-order valence-electron chi connectivity index (χ0n) is 15.2. The summed E-state index contributed by atoms with van der Waals surface area (Å²) < 4.78 is 0. The van der Waals surface area contributed by atoms with Gasteiger partial charge >= 0.3 is 0 Å². The summed E-state index contributed by atoms with van der Waals surface area (Å²) in [6, 6.07) is 9.90. The van der Waals surface area contributed by atoms with Crippen LogP contribution in [-0.4, -0.2) is 34.7 Å². The molecule has 27 heavy (non-hydrogen) atoms. The van der Waals surface area contributed by atoms with Crippen LogP contribution in [0.2, 0.25) is 5.02 Å². The molecule has 3 rings (SSSR count). The zero-order valence-corrected chi connectivity index (χ0v) is 16.0. The third-order valence-corrected chi connectivity index (χ3v) is 4.79. The van der Waals surface area contributed by atoms with Crippen LogP contribution in [0.1, 0.15) is 35.9 Å². The monoisotopic (exact) mass is 385 g/mol. The van der Waals surface area contributed by atoms with Crippen LogP contribution < -0.4 is 11.1 Å². The van der Waals surface area contributed by atoms with Crippen molar-refractivity contribution in [2.24, 2.45) is 16.1 Å². The highest BCUT2D eigenvalue weighted by atomic mass is 35.5. The van der Waals surface area contributed by atoms with Crippen LogP contribution in [-0.2, 0) is 4.79 Å². The van der Waals surface area contributed by atoms with Crippen LogP contribution in [0.25, 0.3) is 0 Å². The van der Waals surface area contributed by atoms with Crippen molar-refractivity contribution in [2.75, 3.05) is 12.4 Å². The molecule has 7 nitrogen and oxygen atoms in total. The average Bonchev–Trinajstić information content (AvgIpc) is 2.64. The van der Waals surface area contributed by atoms with Crippen molar-refractivity contribution in [3.8, 4) is 0 Å². The van der Waals surface area contributed by atoms with Gasteiger partial charge in [-0.05, 0) is 43.7 Å². The van der Waals surface area contributed by atoms with E-state index in [4.69, 9.17) is 17.3 Å². The summed E-state index contributed by atoms with van der Waals surface area (Å²) >= 11 is 5.80. The Kier molecular flexibility index (Phi) is 4.89. The van der Waals surface area contributed by atoms with Crippen LogP contribution in [0.5, 0.6) is 0 Å². The predicted octanol–water partition coefficient (Wildman–Crippen LogP) is 2.84. The van der Waals surface area contributed by atoms with Crippen molar-refractivity contribution in [1.82, 2.24) is 9.88 Å². The molecule has 0 spiro atoms. The van der Waals surface area contributed by atoms with Crippen LogP contribution in [0.4, 0.5) is 5.69 Å². The molecule has 1 aromatic heterocycles. The largest absolute Gasteiger partial charge is 0.369 e. The van der Waals surface area contributed by atoms with Gasteiger partial charge in [0.2, 0.25) is 5.91 Å². The minimum absolute atomic E-state index is 0.111. The number of guanidine groups is 1. The maximum Gasteiger partial charge on any atom is 0.274 e. The number of amides is 2. The third-order valence-electron chi connectivity index (χ3n) is 4.56. The Morgan fingerprint density at radius 1 is 1.30 bits per heavy atom. The van der Waals surface area contributed by atoms with Gasteiger partial charge in [-0.3, -0.25) is 14.5 Å². The van der Waals surface area contributed by atoms with Gasteiger partial charge in [0.05, 0.1) is 16.5 Å². The molecule has 2 aromatic rings. The van der Waals surface area contributed by atoms with Gasteiger partial charge in [0.15, 0.2) is 5.96 Å². The molecule has 0 saturated carbocycles. The number of aliphatic imine (C=N–C) groups is 1. The molecular formula is C19H20ClN5O2. The standard InChI is InChI=1S/C19H20ClN5O2/c1-19(2)15(24-18(21)25(3)17(19)27)11-5-4-6-13(9-11)23-16(26)14-8-7-12(20)10-22-14/h4-10,15H,1-3H3,(H2,21,24)(H,23,26). The Morgan fingerprint density at radius 3 is 2.70 bits per heavy atom. The highest BCUT2D eigenvalue weighted by Gasteiger charge is 2.44. The van der Waals surface area contributed by atoms with Crippen LogP contribution in [0.15, 0.2) is 47.6 Å². The Hall–Kier alpha value is -2.93. The maximum absolute atomic E-state index is 12.6. The summed E-state index contributed by atoms with van der Waals surface area (Å²) in [6.45, 7) is 3.66. The number of aromatic nitrogens is 1. The molecule has 3 N–H and O–H groups in total. The van der Waals surface area contributed by atoms with Gasteiger partial charge in [0.1, 0.15) is 5.69 Å². The van der Waals surface area contributed by atoms with E-state index in [1.165, 1.54) is 11.1 Å². The summed E-state index contributed by atoms with van der Waals surface area (Å²) in [5.74, 6) is -0.297. The number of hydrogen-bond acceptors (Lipinski definition) is 5. The number of nitrogens with two attached hydrogens (primary N) is 1. The molecule has 2 heterocycles. The number of carbonyl (C=O) groups is 2. The number of pyridine rings is 1. The first-order valence-corrected chi connectivity index (χ1v) is 8.72. The molecule has 2 amide bonds. The van der Waals surface area contributed by atoms with Crippen LogP contribution in [0.3, 0.4) is 0 Å². The number of rotatable bonds is 3. The first kappa shape index (κ1) is 18.8. The highest BCUT2D eigenvalue weighted by molar-refractivity contribution is 6.30. The second-order valence-corrected chi connectivity index (χ2v) is 7.35. The molecule has 1 aliphatic heterocycles. The first-order chi connectivity index (χ1) is 12.7. The summed E-state index contributed by atoms with van der Waals surface area (Å²) in [5.41, 5.74) is 6.73. The molecule has 0 bridgehead atoms. The van der Waals surface area contributed by atoms with Crippen LogP contribution in [0, 0.1) is 5.41 Å². The van der Waals surface area contributed by atoms with Gasteiger partial charge in [-0.25, -0.2) is 9.98 Å². The minimum atomic E-state index is -0.766. The van der Waals surface area contributed by atoms with E-state index >= 15 is 0 Å². The molecular weight excluding hydrogens is 366 g/mol. The molecule has 0 radical (unpaired) electrons. The second kappa shape index (κ2) is 7.00. The summed E-state index contributed by atoms with van der Waals surface area (Å²) in [6.07, 6.45) is 1.41. The molecule has 0 saturated heterocycles. The van der Waals surface area contributed by atoms with Gasteiger partial charge in [0, 0.05) is 18.9 Å². The van der Waals surface area contributed by atoms with Crippen molar-refractivity contribution < 1.29 is 9.59 Å². The molecule has 1 aliphatic rings. The fraction of sp³-hybridized carbons (Fsp3) is 0.263. The molecule has 1 atom stereocenters. The third kappa shape index (κ3) is 3.64. The number of benzene rings is 1. The number of anilines is 1. The normalized spacial score (nSPS) is 18.8. The summed E-state index contributed by atoms with van der Waals surface area (Å²) in [7, 11) is 1.61. The molecule has 1 aromatic carbocycles. The number of hydrogen-bond donors (Lipinski definition) is 2. The SMILES string of the molecule is CN1C(=O)C(C)(C)C(c2cccc(NC(=O)c3ccc(Cl)cn3)c2)N=C1N. The van der Waals surface area contributed by atoms with Crippen LogP contribution >= 0.6 is 11.6 Å². The molecule has 0 fully saturated rings. The highest BCUT2D eigenvalue weighted by Crippen LogP contribution is 2.41. The van der Waals surface area contributed by atoms with E-state index in [1.54, 1.807) is 37.4 Å². The van der Waals surface area contributed by atoms with Gasteiger partial charge in [-0.15, -0.1) is 0 Å². The number of nitrogens with one attached hydrogen (secondary N) is 1. The lowest BCUT2D eigenvalue weighted by atomic mass is 9.78. The lowest BCUT2D eigenvalue weighted by molar-refractivity contribution is -0.137. The van der Waals surface area contributed by atoms with Gasteiger partial charge in [-0.2, -0.15) is 0 Å². The Balaban J connectivity index is 1.88. The quantitative estimate of drug-likeness (QED) is 0.848. The van der Waals surface area contributed by atoms with E-state index in [9.17, 15) is 9.59 Å². The lowest BCUT2D eigenvalue weighted by Gasteiger charge is -2.38. The Bertz CT molecular complexity index is 924. The topological polar surface area (TPSA) is 101 Å². The molecule has 0 aliphatic carbocycles. The zero-order chi connectivity index (χ0) is 19.8. The number of nitrogens with zero attached hydrogens (tertiary/aromatic N) is 3. The second-order valence-electron chi connectivity index (χ2n) is 6.92.